The predicted molar refractivity (Wildman–Crippen MR) is 68.7 cm³/mol. The summed E-state index contributed by atoms with van der Waals surface area (Å²) in [4.78, 5) is 11.9. The highest BCUT2D eigenvalue weighted by atomic mass is 19.1. The van der Waals surface area contributed by atoms with Crippen LogP contribution >= 0.6 is 0 Å². The highest BCUT2D eigenvalue weighted by Crippen LogP contribution is 2.11. The van der Waals surface area contributed by atoms with Crippen LogP contribution in [0.2, 0.25) is 0 Å². The lowest BCUT2D eigenvalue weighted by atomic mass is 10.0. The van der Waals surface area contributed by atoms with Crippen LogP contribution in [0.15, 0.2) is 24.3 Å². The van der Waals surface area contributed by atoms with E-state index in [0.29, 0.717) is 12.0 Å². The molecule has 0 aromatic heterocycles. The van der Waals surface area contributed by atoms with E-state index in [1.165, 1.54) is 6.07 Å². The normalized spacial score (nSPS) is 20.7. The number of amides is 1. The number of hydrogen-bond acceptors (Lipinski definition) is 2. The summed E-state index contributed by atoms with van der Waals surface area (Å²) in [5.74, 6) is -0.0713. The SMILES string of the molecule is CC(Cc1ccccc1F)NC(=O)C1CCNC1. The Morgan fingerprint density at radius 3 is 3.00 bits per heavy atom. The van der Waals surface area contributed by atoms with Crippen LogP contribution in [0.3, 0.4) is 0 Å². The number of nitrogens with one attached hydrogen (secondary N) is 2. The lowest BCUT2D eigenvalue weighted by molar-refractivity contribution is -0.125. The first-order valence-electron chi connectivity index (χ1n) is 6.41. The zero-order chi connectivity index (χ0) is 13.0. The molecule has 1 aromatic carbocycles. The van der Waals surface area contributed by atoms with Gasteiger partial charge in [0.2, 0.25) is 5.91 Å². The average molecular weight is 250 g/mol. The second-order valence-electron chi connectivity index (χ2n) is 4.89. The maximum absolute atomic E-state index is 13.5. The highest BCUT2D eigenvalue weighted by molar-refractivity contribution is 5.79. The minimum atomic E-state index is -0.207. The van der Waals surface area contributed by atoms with E-state index < -0.39 is 0 Å². The summed E-state index contributed by atoms with van der Waals surface area (Å²) in [6, 6.07) is 6.65. The fourth-order valence-electron chi connectivity index (χ4n) is 2.28. The Kier molecular flexibility index (Phi) is 4.31. The molecule has 0 spiro atoms. The van der Waals surface area contributed by atoms with E-state index in [2.05, 4.69) is 10.6 Å². The second-order valence-corrected chi connectivity index (χ2v) is 4.89. The van der Waals surface area contributed by atoms with Gasteiger partial charge in [-0.3, -0.25) is 4.79 Å². The van der Waals surface area contributed by atoms with Crippen LogP contribution in [0.5, 0.6) is 0 Å². The standard InChI is InChI=1S/C14H19FN2O/c1-10(8-11-4-2-3-5-13(11)15)17-14(18)12-6-7-16-9-12/h2-5,10,12,16H,6-9H2,1H3,(H,17,18). The molecule has 2 unspecified atom stereocenters. The molecule has 2 atom stereocenters. The molecular formula is C14H19FN2O. The molecule has 2 rings (SSSR count). The summed E-state index contributed by atoms with van der Waals surface area (Å²) in [6.07, 6.45) is 1.41. The molecule has 18 heavy (non-hydrogen) atoms. The van der Waals surface area contributed by atoms with Crippen molar-refractivity contribution in [2.24, 2.45) is 5.92 Å². The maximum Gasteiger partial charge on any atom is 0.224 e. The van der Waals surface area contributed by atoms with E-state index in [4.69, 9.17) is 0 Å². The Morgan fingerprint density at radius 1 is 1.56 bits per heavy atom. The van der Waals surface area contributed by atoms with Gasteiger partial charge in [-0.15, -0.1) is 0 Å². The minimum absolute atomic E-state index is 0.0463. The van der Waals surface area contributed by atoms with Gasteiger partial charge in [0.05, 0.1) is 5.92 Å². The highest BCUT2D eigenvalue weighted by Gasteiger charge is 2.23. The van der Waals surface area contributed by atoms with Crippen molar-refractivity contribution in [1.29, 1.82) is 0 Å². The van der Waals surface area contributed by atoms with Gasteiger partial charge in [-0.2, -0.15) is 0 Å². The molecule has 98 valence electrons. The van der Waals surface area contributed by atoms with Crippen molar-refractivity contribution in [3.63, 3.8) is 0 Å². The first-order chi connectivity index (χ1) is 8.66. The summed E-state index contributed by atoms with van der Waals surface area (Å²) in [5.41, 5.74) is 0.648. The van der Waals surface area contributed by atoms with Gasteiger partial charge in [-0.1, -0.05) is 18.2 Å². The summed E-state index contributed by atoms with van der Waals surface area (Å²) < 4.78 is 13.5. The first kappa shape index (κ1) is 13.0. The monoisotopic (exact) mass is 250 g/mol. The van der Waals surface area contributed by atoms with Crippen molar-refractivity contribution in [1.82, 2.24) is 10.6 Å². The van der Waals surface area contributed by atoms with Crippen LogP contribution in [-0.4, -0.2) is 25.0 Å². The van der Waals surface area contributed by atoms with Gasteiger partial charge in [0.15, 0.2) is 0 Å². The van der Waals surface area contributed by atoms with Crippen LogP contribution in [-0.2, 0) is 11.2 Å². The number of carbonyl (C=O) groups is 1. The van der Waals surface area contributed by atoms with Crippen molar-refractivity contribution < 1.29 is 9.18 Å². The third kappa shape index (κ3) is 3.29. The van der Waals surface area contributed by atoms with Gasteiger partial charge in [-0.25, -0.2) is 4.39 Å². The number of halogens is 1. The Balaban J connectivity index is 1.86. The lowest BCUT2D eigenvalue weighted by Gasteiger charge is -2.17. The predicted octanol–water partition coefficient (Wildman–Crippen LogP) is 1.48. The summed E-state index contributed by atoms with van der Waals surface area (Å²) in [5, 5.41) is 6.12. The molecule has 1 aliphatic heterocycles. The zero-order valence-electron chi connectivity index (χ0n) is 10.6. The Morgan fingerprint density at radius 2 is 2.33 bits per heavy atom. The van der Waals surface area contributed by atoms with Crippen molar-refractivity contribution >= 4 is 5.91 Å². The van der Waals surface area contributed by atoms with E-state index >= 15 is 0 Å². The Hall–Kier alpha value is -1.42. The summed E-state index contributed by atoms with van der Waals surface area (Å²) in [7, 11) is 0. The van der Waals surface area contributed by atoms with Crippen LogP contribution in [0, 0.1) is 11.7 Å². The van der Waals surface area contributed by atoms with Gasteiger partial charge in [0.1, 0.15) is 5.82 Å². The fraction of sp³-hybridized carbons (Fsp3) is 0.500. The average Bonchev–Trinajstić information content (AvgIpc) is 2.85. The molecule has 0 saturated carbocycles. The number of hydrogen-bond donors (Lipinski definition) is 2. The van der Waals surface area contributed by atoms with E-state index in [1.807, 2.05) is 13.0 Å². The van der Waals surface area contributed by atoms with E-state index in [9.17, 15) is 9.18 Å². The smallest absolute Gasteiger partial charge is 0.224 e. The van der Waals surface area contributed by atoms with E-state index in [0.717, 1.165) is 19.5 Å². The van der Waals surface area contributed by atoms with Gasteiger partial charge in [0, 0.05) is 12.6 Å². The largest absolute Gasteiger partial charge is 0.353 e. The topological polar surface area (TPSA) is 41.1 Å². The number of rotatable bonds is 4. The molecule has 1 heterocycles. The molecule has 4 heteroatoms. The molecule has 1 amide bonds. The van der Waals surface area contributed by atoms with Crippen LogP contribution < -0.4 is 10.6 Å². The first-order valence-corrected chi connectivity index (χ1v) is 6.41. The number of carbonyl (C=O) groups excluding carboxylic acids is 1. The van der Waals surface area contributed by atoms with Crippen LogP contribution in [0.1, 0.15) is 18.9 Å². The van der Waals surface area contributed by atoms with Gasteiger partial charge in [-0.05, 0) is 37.9 Å². The zero-order valence-corrected chi connectivity index (χ0v) is 10.6. The third-order valence-electron chi connectivity index (χ3n) is 3.30. The minimum Gasteiger partial charge on any atom is -0.353 e. The lowest BCUT2D eigenvalue weighted by Crippen LogP contribution is -2.39. The molecule has 2 N–H and O–H groups in total. The fourth-order valence-corrected chi connectivity index (χ4v) is 2.28. The molecule has 0 bridgehead atoms. The molecule has 1 fully saturated rings. The second kappa shape index (κ2) is 5.96. The van der Waals surface area contributed by atoms with Crippen LogP contribution in [0.4, 0.5) is 4.39 Å². The van der Waals surface area contributed by atoms with Crippen molar-refractivity contribution in [3.05, 3.63) is 35.6 Å². The summed E-state index contributed by atoms with van der Waals surface area (Å²) >= 11 is 0. The van der Waals surface area contributed by atoms with Gasteiger partial charge >= 0.3 is 0 Å². The van der Waals surface area contributed by atoms with Gasteiger partial charge in [0.25, 0.3) is 0 Å². The molecule has 1 aliphatic rings. The Labute approximate surface area is 107 Å². The quantitative estimate of drug-likeness (QED) is 0.850. The molecular weight excluding hydrogens is 231 g/mol. The third-order valence-corrected chi connectivity index (χ3v) is 3.30. The van der Waals surface area contributed by atoms with Crippen molar-refractivity contribution in [2.45, 2.75) is 25.8 Å². The van der Waals surface area contributed by atoms with Crippen molar-refractivity contribution in [2.75, 3.05) is 13.1 Å². The van der Waals surface area contributed by atoms with E-state index in [1.54, 1.807) is 12.1 Å². The summed E-state index contributed by atoms with van der Waals surface area (Å²) in [6.45, 7) is 3.56. The molecule has 1 aromatic rings. The molecule has 0 radical (unpaired) electrons. The van der Waals surface area contributed by atoms with Crippen molar-refractivity contribution in [3.8, 4) is 0 Å². The molecule has 0 aliphatic carbocycles. The van der Waals surface area contributed by atoms with Crippen LogP contribution in [0.25, 0.3) is 0 Å². The maximum atomic E-state index is 13.5. The van der Waals surface area contributed by atoms with Gasteiger partial charge < -0.3 is 10.6 Å². The van der Waals surface area contributed by atoms with E-state index in [-0.39, 0.29) is 23.7 Å². The number of benzene rings is 1. The molecule has 3 nitrogen and oxygen atoms in total. The molecule has 1 saturated heterocycles. The Bertz CT molecular complexity index is 416.